The number of carbonyl (C=O) groups excluding carboxylic acids is 3. The minimum absolute atomic E-state index is 0.190. The molecule has 6 nitrogen and oxygen atoms in total. The molecule has 0 saturated carbocycles. The standard InChI is InChI=1S/C25H26N2O4S/c1-25(2,3)27(16-18-10-5-4-6-11-18)22(28)17-31-24(30)19-12-7-8-13-20(19)26-23(29)21-14-9-15-32-21/h4-15H,16-17H2,1-3H3,(H,26,29). The van der Waals surface area contributed by atoms with E-state index < -0.39 is 18.1 Å². The molecular formula is C25H26N2O4S. The van der Waals surface area contributed by atoms with Gasteiger partial charge in [-0.25, -0.2) is 4.79 Å². The Morgan fingerprint density at radius 3 is 2.28 bits per heavy atom. The summed E-state index contributed by atoms with van der Waals surface area (Å²) in [5, 5.41) is 4.54. The molecule has 0 aliphatic heterocycles. The summed E-state index contributed by atoms with van der Waals surface area (Å²) in [4.78, 5) is 40.2. The molecule has 32 heavy (non-hydrogen) atoms. The van der Waals surface area contributed by atoms with Gasteiger partial charge in [0.2, 0.25) is 0 Å². The Morgan fingerprint density at radius 2 is 1.62 bits per heavy atom. The number of benzene rings is 2. The van der Waals surface area contributed by atoms with Crippen LogP contribution < -0.4 is 5.32 Å². The second-order valence-electron chi connectivity index (χ2n) is 8.19. The van der Waals surface area contributed by atoms with Gasteiger partial charge in [-0.15, -0.1) is 11.3 Å². The molecule has 1 heterocycles. The molecule has 0 bridgehead atoms. The van der Waals surface area contributed by atoms with E-state index in [1.807, 2.05) is 51.1 Å². The minimum Gasteiger partial charge on any atom is -0.452 e. The fourth-order valence-electron chi connectivity index (χ4n) is 3.11. The molecule has 3 rings (SSSR count). The van der Waals surface area contributed by atoms with Crippen molar-refractivity contribution in [3.05, 3.63) is 88.1 Å². The van der Waals surface area contributed by atoms with Gasteiger partial charge in [0.15, 0.2) is 6.61 Å². The van der Waals surface area contributed by atoms with Crippen molar-refractivity contribution in [2.24, 2.45) is 0 Å². The molecule has 1 N–H and O–H groups in total. The Bertz CT molecular complexity index is 1070. The highest BCUT2D eigenvalue weighted by Crippen LogP contribution is 2.20. The van der Waals surface area contributed by atoms with E-state index >= 15 is 0 Å². The predicted octanol–water partition coefficient (Wildman–Crippen LogP) is 4.98. The number of hydrogen-bond donors (Lipinski definition) is 1. The van der Waals surface area contributed by atoms with Crippen LogP contribution in [0.5, 0.6) is 0 Å². The van der Waals surface area contributed by atoms with Gasteiger partial charge in [-0.1, -0.05) is 48.5 Å². The van der Waals surface area contributed by atoms with Crippen LogP contribution in [0.4, 0.5) is 5.69 Å². The number of hydrogen-bond acceptors (Lipinski definition) is 5. The maximum Gasteiger partial charge on any atom is 0.340 e. The molecular weight excluding hydrogens is 424 g/mol. The average Bonchev–Trinajstić information content (AvgIpc) is 3.31. The van der Waals surface area contributed by atoms with Crippen molar-refractivity contribution in [1.29, 1.82) is 0 Å². The molecule has 7 heteroatoms. The first-order chi connectivity index (χ1) is 15.3. The number of carbonyl (C=O) groups is 3. The number of rotatable bonds is 7. The van der Waals surface area contributed by atoms with Gasteiger partial charge in [0, 0.05) is 12.1 Å². The number of nitrogens with one attached hydrogen (secondary N) is 1. The number of esters is 1. The lowest BCUT2D eigenvalue weighted by Crippen LogP contribution is -2.46. The quantitative estimate of drug-likeness (QED) is 0.515. The number of thiophene rings is 1. The summed E-state index contributed by atoms with van der Waals surface area (Å²) in [5.74, 6) is -1.28. The van der Waals surface area contributed by atoms with E-state index in [0.717, 1.165) is 5.56 Å². The summed E-state index contributed by atoms with van der Waals surface area (Å²) >= 11 is 1.31. The van der Waals surface area contributed by atoms with Crippen LogP contribution in [0.1, 0.15) is 46.4 Å². The van der Waals surface area contributed by atoms with Gasteiger partial charge < -0.3 is 15.0 Å². The Morgan fingerprint density at radius 1 is 0.938 bits per heavy atom. The lowest BCUT2D eigenvalue weighted by Gasteiger charge is -2.35. The number of para-hydroxylation sites is 1. The molecule has 0 saturated heterocycles. The topological polar surface area (TPSA) is 75.7 Å². The largest absolute Gasteiger partial charge is 0.452 e. The van der Waals surface area contributed by atoms with Crippen LogP contribution in [-0.4, -0.2) is 34.8 Å². The zero-order chi connectivity index (χ0) is 23.1. The highest BCUT2D eigenvalue weighted by Gasteiger charge is 2.27. The molecule has 0 atom stereocenters. The Kier molecular flexibility index (Phi) is 7.43. The Labute approximate surface area is 191 Å². The van der Waals surface area contributed by atoms with Crippen LogP contribution >= 0.6 is 11.3 Å². The first-order valence-corrected chi connectivity index (χ1v) is 11.1. The third kappa shape index (κ3) is 6.04. The van der Waals surface area contributed by atoms with Gasteiger partial charge in [-0.2, -0.15) is 0 Å². The molecule has 0 fully saturated rings. The fourth-order valence-corrected chi connectivity index (χ4v) is 3.73. The molecule has 0 spiro atoms. The van der Waals surface area contributed by atoms with Crippen molar-refractivity contribution in [3.63, 3.8) is 0 Å². The van der Waals surface area contributed by atoms with E-state index in [9.17, 15) is 14.4 Å². The summed E-state index contributed by atoms with van der Waals surface area (Å²) in [6.45, 7) is 5.82. The molecule has 0 aliphatic carbocycles. The normalized spacial score (nSPS) is 11.0. The van der Waals surface area contributed by atoms with E-state index in [-0.39, 0.29) is 17.4 Å². The number of anilines is 1. The predicted molar refractivity (Wildman–Crippen MR) is 126 cm³/mol. The highest BCUT2D eigenvalue weighted by molar-refractivity contribution is 7.12. The smallest absolute Gasteiger partial charge is 0.340 e. The first kappa shape index (κ1) is 23.2. The van der Waals surface area contributed by atoms with Gasteiger partial charge in [0.05, 0.1) is 16.1 Å². The van der Waals surface area contributed by atoms with Gasteiger partial charge >= 0.3 is 5.97 Å². The van der Waals surface area contributed by atoms with E-state index in [4.69, 9.17) is 4.74 Å². The monoisotopic (exact) mass is 450 g/mol. The van der Waals surface area contributed by atoms with Crippen molar-refractivity contribution in [3.8, 4) is 0 Å². The molecule has 0 radical (unpaired) electrons. The third-order valence-electron chi connectivity index (χ3n) is 4.76. The van der Waals surface area contributed by atoms with Crippen LogP contribution in [0.15, 0.2) is 72.1 Å². The fraction of sp³-hybridized carbons (Fsp3) is 0.240. The molecule has 0 aliphatic rings. The minimum atomic E-state index is -0.672. The van der Waals surface area contributed by atoms with Crippen molar-refractivity contribution >= 4 is 34.8 Å². The van der Waals surface area contributed by atoms with Gasteiger partial charge in [-0.3, -0.25) is 9.59 Å². The Balaban J connectivity index is 1.68. The van der Waals surface area contributed by atoms with Crippen molar-refractivity contribution < 1.29 is 19.1 Å². The highest BCUT2D eigenvalue weighted by atomic mass is 32.1. The molecule has 1 aromatic heterocycles. The third-order valence-corrected chi connectivity index (χ3v) is 5.63. The van der Waals surface area contributed by atoms with Crippen LogP contribution in [0.3, 0.4) is 0 Å². The first-order valence-electron chi connectivity index (χ1n) is 10.2. The summed E-state index contributed by atoms with van der Waals surface area (Å²) in [6, 6.07) is 19.7. The van der Waals surface area contributed by atoms with Crippen LogP contribution in [0.25, 0.3) is 0 Å². The maximum absolute atomic E-state index is 12.9. The molecule has 2 amide bonds. The number of nitrogens with zero attached hydrogens (tertiary/aromatic N) is 1. The maximum atomic E-state index is 12.9. The number of amides is 2. The zero-order valence-electron chi connectivity index (χ0n) is 18.3. The summed E-state index contributed by atoms with van der Waals surface area (Å²) in [7, 11) is 0. The summed E-state index contributed by atoms with van der Waals surface area (Å²) in [5.41, 5.74) is 1.06. The van der Waals surface area contributed by atoms with E-state index in [2.05, 4.69) is 5.32 Å². The van der Waals surface area contributed by atoms with E-state index in [0.29, 0.717) is 17.1 Å². The molecule has 2 aromatic carbocycles. The lowest BCUT2D eigenvalue weighted by molar-refractivity contribution is -0.140. The van der Waals surface area contributed by atoms with Crippen molar-refractivity contribution in [2.45, 2.75) is 32.9 Å². The Hall–Kier alpha value is -3.45. The van der Waals surface area contributed by atoms with Gasteiger partial charge in [0.1, 0.15) is 0 Å². The zero-order valence-corrected chi connectivity index (χ0v) is 19.1. The summed E-state index contributed by atoms with van der Waals surface area (Å²) < 4.78 is 5.34. The SMILES string of the molecule is CC(C)(C)N(Cc1ccccc1)C(=O)COC(=O)c1ccccc1NC(=O)c1cccs1. The van der Waals surface area contributed by atoms with Crippen molar-refractivity contribution in [2.75, 3.05) is 11.9 Å². The second kappa shape index (κ2) is 10.2. The molecule has 3 aromatic rings. The van der Waals surface area contributed by atoms with E-state index in [1.165, 1.54) is 11.3 Å². The van der Waals surface area contributed by atoms with Gasteiger partial charge in [-0.05, 0) is 49.9 Å². The van der Waals surface area contributed by atoms with Crippen LogP contribution in [-0.2, 0) is 16.1 Å². The van der Waals surface area contributed by atoms with E-state index in [1.54, 1.807) is 46.7 Å². The lowest BCUT2D eigenvalue weighted by atomic mass is 10.0. The van der Waals surface area contributed by atoms with Crippen molar-refractivity contribution in [1.82, 2.24) is 4.90 Å². The second-order valence-corrected chi connectivity index (χ2v) is 9.14. The summed E-state index contributed by atoms with van der Waals surface area (Å²) in [6.07, 6.45) is 0. The molecule has 0 unspecified atom stereocenters. The number of ether oxygens (including phenoxy) is 1. The van der Waals surface area contributed by atoms with Gasteiger partial charge in [0.25, 0.3) is 11.8 Å². The average molecular weight is 451 g/mol. The van der Waals surface area contributed by atoms with Crippen LogP contribution in [0, 0.1) is 0 Å². The van der Waals surface area contributed by atoms with Crippen LogP contribution in [0.2, 0.25) is 0 Å². The molecule has 166 valence electrons.